The summed E-state index contributed by atoms with van der Waals surface area (Å²) in [6.45, 7) is 4.07. The molecule has 1 aliphatic carbocycles. The molecule has 0 amide bonds. The summed E-state index contributed by atoms with van der Waals surface area (Å²) in [5.41, 5.74) is 8.16. The number of rotatable bonds is 2. The summed E-state index contributed by atoms with van der Waals surface area (Å²) in [6.07, 6.45) is 6.97. The van der Waals surface area contributed by atoms with Gasteiger partial charge in [0.1, 0.15) is 5.82 Å². The third-order valence-corrected chi connectivity index (χ3v) is 4.54. The van der Waals surface area contributed by atoms with Crippen molar-refractivity contribution >= 4 is 0 Å². The molecule has 18 heavy (non-hydrogen) atoms. The van der Waals surface area contributed by atoms with Crippen molar-refractivity contribution in [1.29, 1.82) is 0 Å². The number of halogens is 1. The van der Waals surface area contributed by atoms with Gasteiger partial charge in [0.05, 0.1) is 0 Å². The number of aryl methyl sites for hydroxylation is 1. The van der Waals surface area contributed by atoms with Crippen molar-refractivity contribution in [2.24, 2.45) is 11.7 Å². The van der Waals surface area contributed by atoms with Crippen LogP contribution < -0.4 is 5.73 Å². The van der Waals surface area contributed by atoms with Gasteiger partial charge in [0.25, 0.3) is 0 Å². The predicted octanol–water partition coefficient (Wildman–Crippen LogP) is 4.28. The van der Waals surface area contributed by atoms with Crippen LogP contribution >= 0.6 is 0 Å². The Bertz CT molecular complexity index is 416. The molecule has 0 radical (unpaired) electrons. The van der Waals surface area contributed by atoms with Crippen LogP contribution in [0, 0.1) is 18.7 Å². The molecule has 2 heteroatoms. The lowest BCUT2D eigenvalue weighted by Crippen LogP contribution is -2.36. The van der Waals surface area contributed by atoms with Crippen LogP contribution in [0.3, 0.4) is 0 Å². The summed E-state index contributed by atoms with van der Waals surface area (Å²) in [5.74, 6) is 0.680. The SMILES string of the molecule is CCC1CCCC(N)(c2ccc(F)c(C)c2)CC1. The largest absolute Gasteiger partial charge is 0.321 e. The van der Waals surface area contributed by atoms with E-state index in [1.165, 1.54) is 25.7 Å². The first-order valence-corrected chi connectivity index (χ1v) is 7.10. The summed E-state index contributed by atoms with van der Waals surface area (Å²) in [6, 6.07) is 5.36. The van der Waals surface area contributed by atoms with Crippen molar-refractivity contribution in [1.82, 2.24) is 0 Å². The highest BCUT2D eigenvalue weighted by Gasteiger charge is 2.30. The van der Waals surface area contributed by atoms with E-state index in [1.54, 1.807) is 6.07 Å². The van der Waals surface area contributed by atoms with E-state index >= 15 is 0 Å². The Morgan fingerprint density at radius 3 is 2.78 bits per heavy atom. The fraction of sp³-hybridized carbons (Fsp3) is 0.625. The first kappa shape index (κ1) is 13.5. The number of hydrogen-bond acceptors (Lipinski definition) is 1. The van der Waals surface area contributed by atoms with Gasteiger partial charge >= 0.3 is 0 Å². The minimum atomic E-state index is -0.248. The molecule has 0 bridgehead atoms. The molecule has 2 N–H and O–H groups in total. The Balaban J connectivity index is 2.21. The first-order chi connectivity index (χ1) is 8.55. The molecule has 1 aromatic rings. The number of nitrogens with two attached hydrogens (primary N) is 1. The maximum Gasteiger partial charge on any atom is 0.126 e. The molecule has 1 aliphatic rings. The fourth-order valence-electron chi connectivity index (χ4n) is 3.09. The van der Waals surface area contributed by atoms with Gasteiger partial charge in [0.15, 0.2) is 0 Å². The molecule has 2 unspecified atom stereocenters. The molecule has 0 spiro atoms. The van der Waals surface area contributed by atoms with Gasteiger partial charge in [-0.05, 0) is 49.3 Å². The van der Waals surface area contributed by atoms with E-state index in [0.717, 1.165) is 24.3 Å². The molecule has 0 saturated heterocycles. The van der Waals surface area contributed by atoms with Crippen molar-refractivity contribution in [3.8, 4) is 0 Å². The molecule has 0 heterocycles. The lowest BCUT2D eigenvalue weighted by molar-refractivity contribution is 0.371. The van der Waals surface area contributed by atoms with Crippen LogP contribution in [0.4, 0.5) is 4.39 Å². The lowest BCUT2D eigenvalue weighted by Gasteiger charge is -2.29. The molecule has 100 valence electrons. The topological polar surface area (TPSA) is 26.0 Å². The Kier molecular flexibility index (Phi) is 4.06. The fourth-order valence-corrected chi connectivity index (χ4v) is 3.09. The van der Waals surface area contributed by atoms with Gasteiger partial charge < -0.3 is 5.73 Å². The van der Waals surface area contributed by atoms with Crippen molar-refractivity contribution in [2.75, 3.05) is 0 Å². The van der Waals surface area contributed by atoms with Gasteiger partial charge in [-0.3, -0.25) is 0 Å². The van der Waals surface area contributed by atoms with E-state index in [2.05, 4.69) is 6.92 Å². The van der Waals surface area contributed by atoms with Crippen LogP contribution in [0.1, 0.15) is 56.6 Å². The third kappa shape index (κ3) is 2.74. The predicted molar refractivity (Wildman–Crippen MR) is 73.9 cm³/mol. The maximum absolute atomic E-state index is 13.3. The van der Waals surface area contributed by atoms with E-state index < -0.39 is 0 Å². The summed E-state index contributed by atoms with van der Waals surface area (Å²) in [5, 5.41) is 0. The van der Waals surface area contributed by atoms with E-state index in [1.807, 2.05) is 19.1 Å². The second kappa shape index (κ2) is 5.40. The van der Waals surface area contributed by atoms with E-state index in [4.69, 9.17) is 5.73 Å². The van der Waals surface area contributed by atoms with Gasteiger partial charge in [-0.25, -0.2) is 4.39 Å². The van der Waals surface area contributed by atoms with Gasteiger partial charge in [0.2, 0.25) is 0 Å². The summed E-state index contributed by atoms with van der Waals surface area (Å²) in [4.78, 5) is 0. The van der Waals surface area contributed by atoms with E-state index in [9.17, 15) is 4.39 Å². The van der Waals surface area contributed by atoms with Crippen LogP contribution in [-0.4, -0.2) is 0 Å². The molecule has 2 atom stereocenters. The van der Waals surface area contributed by atoms with E-state index in [0.29, 0.717) is 5.56 Å². The highest BCUT2D eigenvalue weighted by atomic mass is 19.1. The molecule has 0 aromatic heterocycles. The van der Waals surface area contributed by atoms with Crippen molar-refractivity contribution in [2.45, 2.75) is 57.9 Å². The standard InChI is InChI=1S/C16H24FN/c1-3-13-5-4-9-16(18,10-8-13)14-6-7-15(17)12(2)11-14/h6-7,11,13H,3-5,8-10,18H2,1-2H3. The quantitative estimate of drug-likeness (QED) is 0.778. The monoisotopic (exact) mass is 249 g/mol. The Morgan fingerprint density at radius 1 is 1.33 bits per heavy atom. The van der Waals surface area contributed by atoms with E-state index in [-0.39, 0.29) is 11.4 Å². The summed E-state index contributed by atoms with van der Waals surface area (Å²) in [7, 11) is 0. The van der Waals surface area contributed by atoms with Crippen molar-refractivity contribution in [3.63, 3.8) is 0 Å². The summed E-state index contributed by atoms with van der Waals surface area (Å²) < 4.78 is 13.3. The normalized spacial score (nSPS) is 29.0. The van der Waals surface area contributed by atoms with Crippen LogP contribution in [0.25, 0.3) is 0 Å². The zero-order chi connectivity index (χ0) is 13.2. The number of hydrogen-bond donors (Lipinski definition) is 1. The van der Waals surface area contributed by atoms with Crippen molar-refractivity contribution in [3.05, 3.63) is 35.1 Å². The molecule has 1 nitrogen and oxygen atoms in total. The molecule has 2 rings (SSSR count). The minimum absolute atomic E-state index is 0.137. The molecule has 1 aromatic carbocycles. The Labute approximate surface area is 110 Å². The molecular weight excluding hydrogens is 225 g/mol. The van der Waals surface area contributed by atoms with Gasteiger partial charge in [-0.2, -0.15) is 0 Å². The maximum atomic E-state index is 13.3. The zero-order valence-corrected chi connectivity index (χ0v) is 11.5. The van der Waals surface area contributed by atoms with Crippen LogP contribution in [0.15, 0.2) is 18.2 Å². The van der Waals surface area contributed by atoms with Crippen molar-refractivity contribution < 1.29 is 4.39 Å². The molecule has 1 fully saturated rings. The average molecular weight is 249 g/mol. The Morgan fingerprint density at radius 2 is 2.11 bits per heavy atom. The van der Waals surface area contributed by atoms with Gasteiger partial charge in [-0.1, -0.05) is 38.3 Å². The minimum Gasteiger partial charge on any atom is -0.321 e. The van der Waals surface area contributed by atoms with Gasteiger partial charge in [0, 0.05) is 5.54 Å². The smallest absolute Gasteiger partial charge is 0.126 e. The third-order valence-electron chi connectivity index (χ3n) is 4.54. The zero-order valence-electron chi connectivity index (χ0n) is 11.5. The summed E-state index contributed by atoms with van der Waals surface area (Å²) >= 11 is 0. The van der Waals surface area contributed by atoms with Gasteiger partial charge in [-0.15, -0.1) is 0 Å². The highest BCUT2D eigenvalue weighted by Crippen LogP contribution is 2.37. The first-order valence-electron chi connectivity index (χ1n) is 7.10. The van der Waals surface area contributed by atoms with Crippen LogP contribution in [0.2, 0.25) is 0 Å². The lowest BCUT2D eigenvalue weighted by atomic mass is 9.83. The second-order valence-corrected chi connectivity index (χ2v) is 5.83. The molecular formula is C16H24FN. The molecule has 1 saturated carbocycles. The second-order valence-electron chi connectivity index (χ2n) is 5.83. The number of benzene rings is 1. The average Bonchev–Trinajstić information content (AvgIpc) is 2.55. The van der Waals surface area contributed by atoms with Crippen LogP contribution in [-0.2, 0) is 5.54 Å². The molecule has 0 aliphatic heterocycles. The van der Waals surface area contributed by atoms with Crippen LogP contribution in [0.5, 0.6) is 0 Å². The highest BCUT2D eigenvalue weighted by molar-refractivity contribution is 5.30. The Hall–Kier alpha value is -0.890.